The normalized spacial score (nSPS) is 19.1. The lowest BCUT2D eigenvalue weighted by molar-refractivity contribution is 0.119. The van der Waals surface area contributed by atoms with Gasteiger partial charge in [-0.25, -0.2) is 18.4 Å². The van der Waals surface area contributed by atoms with Crippen LogP contribution in [-0.2, 0) is 15.8 Å². The summed E-state index contributed by atoms with van der Waals surface area (Å²) in [5.41, 5.74) is 1.92. The van der Waals surface area contributed by atoms with Crippen LogP contribution in [0.15, 0.2) is 42.7 Å². The second kappa shape index (κ2) is 7.27. The number of hydrogen-bond acceptors (Lipinski definition) is 5. The van der Waals surface area contributed by atoms with Crippen LogP contribution in [-0.4, -0.2) is 41.9 Å². The highest BCUT2D eigenvalue weighted by molar-refractivity contribution is 7.88. The van der Waals surface area contributed by atoms with Gasteiger partial charge in [0.05, 0.1) is 12.3 Å². The van der Waals surface area contributed by atoms with Crippen LogP contribution in [0.4, 0.5) is 0 Å². The van der Waals surface area contributed by atoms with E-state index in [4.69, 9.17) is 4.74 Å². The van der Waals surface area contributed by atoms with Gasteiger partial charge in [-0.1, -0.05) is 29.8 Å². The van der Waals surface area contributed by atoms with Gasteiger partial charge in [-0.05, 0) is 31.4 Å². The van der Waals surface area contributed by atoms with Crippen molar-refractivity contribution in [2.24, 2.45) is 0 Å². The highest BCUT2D eigenvalue weighted by Crippen LogP contribution is 2.20. The highest BCUT2D eigenvalue weighted by Gasteiger charge is 2.30. The first-order chi connectivity index (χ1) is 11.5. The van der Waals surface area contributed by atoms with Crippen LogP contribution in [0.25, 0.3) is 0 Å². The summed E-state index contributed by atoms with van der Waals surface area (Å²) >= 11 is 0. The highest BCUT2D eigenvalue weighted by atomic mass is 32.2. The number of nitrogens with zero attached hydrogens (tertiary/aromatic N) is 3. The fourth-order valence-corrected chi connectivity index (χ4v) is 4.33. The number of benzene rings is 1. The molecule has 1 fully saturated rings. The Morgan fingerprint density at radius 2 is 1.92 bits per heavy atom. The van der Waals surface area contributed by atoms with Gasteiger partial charge < -0.3 is 4.74 Å². The van der Waals surface area contributed by atoms with Crippen molar-refractivity contribution in [1.82, 2.24) is 14.3 Å². The summed E-state index contributed by atoms with van der Waals surface area (Å²) < 4.78 is 32.6. The molecule has 0 bridgehead atoms. The molecule has 1 aliphatic heterocycles. The first-order valence-corrected chi connectivity index (χ1v) is 9.61. The predicted molar refractivity (Wildman–Crippen MR) is 91.1 cm³/mol. The Hall–Kier alpha value is -1.99. The Kier molecular flexibility index (Phi) is 5.11. The molecule has 7 heteroatoms. The van der Waals surface area contributed by atoms with E-state index in [1.165, 1.54) is 4.31 Å². The lowest BCUT2D eigenvalue weighted by atomic mass is 10.1. The minimum Gasteiger partial charge on any atom is -0.459 e. The van der Waals surface area contributed by atoms with Crippen LogP contribution < -0.4 is 4.74 Å². The number of piperidine rings is 1. The molecule has 1 aliphatic rings. The molecule has 0 N–H and O–H groups in total. The van der Waals surface area contributed by atoms with Gasteiger partial charge in [0.15, 0.2) is 0 Å². The van der Waals surface area contributed by atoms with E-state index in [2.05, 4.69) is 9.97 Å². The zero-order chi connectivity index (χ0) is 17.0. The first kappa shape index (κ1) is 16.9. The number of aryl methyl sites for hydroxylation is 1. The van der Waals surface area contributed by atoms with E-state index in [0.717, 1.165) is 24.0 Å². The average molecular weight is 347 g/mol. The van der Waals surface area contributed by atoms with Gasteiger partial charge in [-0.2, -0.15) is 4.31 Å². The third-order valence-corrected chi connectivity index (χ3v) is 5.83. The Morgan fingerprint density at radius 3 is 2.62 bits per heavy atom. The van der Waals surface area contributed by atoms with E-state index in [9.17, 15) is 8.42 Å². The standard InChI is InChI=1S/C17H21N3O3S/c1-14-5-7-15(8-6-14)13-24(21,22)20-11-2-4-16(12-20)23-17-18-9-3-10-19-17/h3,5-10,16H,2,4,11-13H2,1H3. The fraction of sp³-hybridized carbons (Fsp3) is 0.412. The van der Waals surface area contributed by atoms with E-state index >= 15 is 0 Å². The molecule has 128 valence electrons. The molecule has 1 aromatic heterocycles. The maximum Gasteiger partial charge on any atom is 0.316 e. The Labute approximate surface area is 142 Å². The van der Waals surface area contributed by atoms with Crippen molar-refractivity contribution in [3.63, 3.8) is 0 Å². The van der Waals surface area contributed by atoms with Crippen LogP contribution >= 0.6 is 0 Å². The Balaban J connectivity index is 1.65. The van der Waals surface area contributed by atoms with E-state index < -0.39 is 10.0 Å². The molecule has 0 spiro atoms. The van der Waals surface area contributed by atoms with Gasteiger partial charge in [0.1, 0.15) is 6.10 Å². The van der Waals surface area contributed by atoms with Crippen molar-refractivity contribution in [2.45, 2.75) is 31.6 Å². The second-order valence-electron chi connectivity index (χ2n) is 6.01. The van der Waals surface area contributed by atoms with Crippen LogP contribution in [0.5, 0.6) is 6.01 Å². The van der Waals surface area contributed by atoms with E-state index in [1.54, 1.807) is 18.5 Å². The Bertz CT molecular complexity index is 763. The predicted octanol–water partition coefficient (Wildman–Crippen LogP) is 2.16. The molecule has 1 atom stereocenters. The third-order valence-electron chi connectivity index (χ3n) is 4.02. The van der Waals surface area contributed by atoms with Crippen LogP contribution in [0, 0.1) is 6.92 Å². The van der Waals surface area contributed by atoms with Gasteiger partial charge in [0, 0.05) is 18.9 Å². The molecule has 0 radical (unpaired) electrons. The largest absolute Gasteiger partial charge is 0.459 e. The lowest BCUT2D eigenvalue weighted by Gasteiger charge is -2.31. The minimum atomic E-state index is -3.36. The molecular weight excluding hydrogens is 326 g/mol. The number of ether oxygens (including phenoxy) is 1. The molecule has 0 aliphatic carbocycles. The summed E-state index contributed by atoms with van der Waals surface area (Å²) in [6.07, 6.45) is 4.57. The van der Waals surface area contributed by atoms with Crippen molar-refractivity contribution in [3.8, 4) is 6.01 Å². The maximum atomic E-state index is 12.7. The van der Waals surface area contributed by atoms with Crippen LogP contribution in [0.1, 0.15) is 24.0 Å². The lowest BCUT2D eigenvalue weighted by Crippen LogP contribution is -2.44. The first-order valence-electron chi connectivity index (χ1n) is 8.00. The zero-order valence-electron chi connectivity index (χ0n) is 13.6. The van der Waals surface area contributed by atoms with Crippen molar-refractivity contribution in [2.75, 3.05) is 13.1 Å². The molecule has 24 heavy (non-hydrogen) atoms. The maximum absolute atomic E-state index is 12.7. The summed E-state index contributed by atoms with van der Waals surface area (Å²) in [5, 5.41) is 0. The summed E-state index contributed by atoms with van der Waals surface area (Å²) in [4.78, 5) is 8.07. The topological polar surface area (TPSA) is 72.4 Å². The summed E-state index contributed by atoms with van der Waals surface area (Å²) in [6, 6.07) is 9.59. The molecule has 2 aromatic rings. The van der Waals surface area contributed by atoms with Gasteiger partial charge in [0.2, 0.25) is 10.0 Å². The average Bonchev–Trinajstić information content (AvgIpc) is 2.58. The van der Waals surface area contributed by atoms with Gasteiger partial charge in [-0.3, -0.25) is 0 Å². The molecule has 1 unspecified atom stereocenters. The molecule has 0 saturated carbocycles. The SMILES string of the molecule is Cc1ccc(CS(=O)(=O)N2CCCC(Oc3ncccn3)C2)cc1. The van der Waals surface area contributed by atoms with Gasteiger partial charge in [-0.15, -0.1) is 0 Å². The van der Waals surface area contributed by atoms with Crippen molar-refractivity contribution in [1.29, 1.82) is 0 Å². The number of sulfonamides is 1. The summed E-state index contributed by atoms with van der Waals surface area (Å²) in [5.74, 6) is 0.0157. The monoisotopic (exact) mass is 347 g/mol. The molecular formula is C17H21N3O3S. The summed E-state index contributed by atoms with van der Waals surface area (Å²) in [6.45, 7) is 2.85. The summed E-state index contributed by atoms with van der Waals surface area (Å²) in [7, 11) is -3.36. The van der Waals surface area contributed by atoms with Crippen molar-refractivity contribution in [3.05, 3.63) is 53.9 Å². The Morgan fingerprint density at radius 1 is 1.21 bits per heavy atom. The van der Waals surface area contributed by atoms with Gasteiger partial charge >= 0.3 is 6.01 Å². The van der Waals surface area contributed by atoms with Crippen molar-refractivity contribution >= 4 is 10.0 Å². The number of aromatic nitrogens is 2. The number of hydrogen-bond donors (Lipinski definition) is 0. The molecule has 2 heterocycles. The molecule has 1 saturated heterocycles. The van der Waals surface area contributed by atoms with E-state index in [1.807, 2.05) is 31.2 Å². The second-order valence-corrected chi connectivity index (χ2v) is 7.98. The molecule has 6 nitrogen and oxygen atoms in total. The molecule has 3 rings (SSSR count). The van der Waals surface area contributed by atoms with Crippen LogP contribution in [0.3, 0.4) is 0 Å². The minimum absolute atomic E-state index is 0.0157. The molecule has 0 amide bonds. The van der Waals surface area contributed by atoms with E-state index in [-0.39, 0.29) is 11.9 Å². The van der Waals surface area contributed by atoms with E-state index in [0.29, 0.717) is 19.1 Å². The fourth-order valence-electron chi connectivity index (χ4n) is 2.74. The zero-order valence-corrected chi connectivity index (χ0v) is 14.4. The van der Waals surface area contributed by atoms with Crippen LogP contribution in [0.2, 0.25) is 0 Å². The molecule has 1 aromatic carbocycles. The third kappa shape index (κ3) is 4.30. The van der Waals surface area contributed by atoms with Crippen molar-refractivity contribution < 1.29 is 13.2 Å². The quantitative estimate of drug-likeness (QED) is 0.829. The van der Waals surface area contributed by atoms with Gasteiger partial charge in [0.25, 0.3) is 0 Å². The smallest absolute Gasteiger partial charge is 0.316 e. The number of rotatable bonds is 5.